The van der Waals surface area contributed by atoms with Gasteiger partial charge in [0.2, 0.25) is 5.95 Å². The van der Waals surface area contributed by atoms with Crippen LogP contribution in [0.15, 0.2) is 36.8 Å². The molecule has 0 aliphatic carbocycles. The number of hydrogen-bond acceptors (Lipinski definition) is 9. The van der Waals surface area contributed by atoms with Crippen molar-refractivity contribution in [1.82, 2.24) is 19.9 Å². The standard InChI is InChI=1S/C22H22FN7O4/c1-34-17-14(19-25-9-13(23)10-26-19)3-2-4-16(17)28-20-15(18(24)31)11-27-22(29-20)30-7-5-12(6-8-30)21(32)33/h2-4,9-12H,5-8H2,1H3,(H2,24,31)(H,32,33)(H,27,28,29). The van der Waals surface area contributed by atoms with Crippen LogP contribution in [0.25, 0.3) is 11.4 Å². The third-order valence-corrected chi connectivity index (χ3v) is 5.50. The molecule has 0 radical (unpaired) electrons. The van der Waals surface area contributed by atoms with Gasteiger partial charge in [0, 0.05) is 19.3 Å². The Balaban J connectivity index is 1.67. The fraction of sp³-hybridized carbons (Fsp3) is 0.273. The fourth-order valence-electron chi connectivity index (χ4n) is 3.74. The molecule has 0 saturated carbocycles. The molecule has 12 heteroatoms. The van der Waals surface area contributed by atoms with Crippen LogP contribution in [0.1, 0.15) is 23.2 Å². The third kappa shape index (κ3) is 4.70. The van der Waals surface area contributed by atoms with Crippen molar-refractivity contribution in [3.63, 3.8) is 0 Å². The monoisotopic (exact) mass is 467 g/mol. The van der Waals surface area contributed by atoms with E-state index >= 15 is 0 Å². The van der Waals surface area contributed by atoms with Gasteiger partial charge in [-0.1, -0.05) is 6.07 Å². The third-order valence-electron chi connectivity index (χ3n) is 5.50. The number of carboxylic acids is 1. The summed E-state index contributed by atoms with van der Waals surface area (Å²) in [5, 5.41) is 12.3. The Morgan fingerprint density at radius 3 is 2.50 bits per heavy atom. The molecule has 4 rings (SSSR count). The maximum Gasteiger partial charge on any atom is 0.306 e. The van der Waals surface area contributed by atoms with E-state index in [0.29, 0.717) is 48.9 Å². The molecule has 1 aliphatic rings. The second-order valence-electron chi connectivity index (χ2n) is 7.63. The van der Waals surface area contributed by atoms with Crippen LogP contribution in [0.4, 0.5) is 21.8 Å². The predicted octanol–water partition coefficient (Wildman–Crippen LogP) is 2.22. The number of nitrogens with two attached hydrogens (primary N) is 1. The minimum Gasteiger partial charge on any atom is -0.494 e. The fourth-order valence-corrected chi connectivity index (χ4v) is 3.74. The number of anilines is 3. The largest absolute Gasteiger partial charge is 0.494 e. The average molecular weight is 467 g/mol. The van der Waals surface area contributed by atoms with Gasteiger partial charge in [-0.3, -0.25) is 9.59 Å². The second-order valence-corrected chi connectivity index (χ2v) is 7.63. The number of carboxylic acid groups (broad SMARTS) is 1. The van der Waals surface area contributed by atoms with Crippen molar-refractivity contribution in [3.8, 4) is 17.1 Å². The van der Waals surface area contributed by atoms with Crippen LogP contribution < -0.4 is 20.7 Å². The van der Waals surface area contributed by atoms with Gasteiger partial charge in [0.05, 0.1) is 36.7 Å². The van der Waals surface area contributed by atoms with Gasteiger partial charge >= 0.3 is 5.97 Å². The van der Waals surface area contributed by atoms with Crippen LogP contribution in [0.2, 0.25) is 0 Å². The average Bonchev–Trinajstić information content (AvgIpc) is 2.84. The first-order valence-corrected chi connectivity index (χ1v) is 10.4. The van der Waals surface area contributed by atoms with E-state index in [2.05, 4.69) is 25.3 Å². The number of amides is 1. The molecule has 4 N–H and O–H groups in total. The summed E-state index contributed by atoms with van der Waals surface area (Å²) in [5.74, 6) is -1.40. The molecule has 0 atom stereocenters. The number of methoxy groups -OCH3 is 1. The number of primary amides is 1. The van der Waals surface area contributed by atoms with E-state index in [1.165, 1.54) is 13.3 Å². The summed E-state index contributed by atoms with van der Waals surface area (Å²) in [6.07, 6.45) is 4.36. The van der Waals surface area contributed by atoms with E-state index in [1.54, 1.807) is 18.2 Å². The number of aliphatic carboxylic acids is 1. The molecule has 11 nitrogen and oxygen atoms in total. The Hall–Kier alpha value is -4.35. The lowest BCUT2D eigenvalue weighted by molar-refractivity contribution is -0.142. The number of benzene rings is 1. The van der Waals surface area contributed by atoms with Crippen LogP contribution >= 0.6 is 0 Å². The Bertz CT molecular complexity index is 1210. The van der Waals surface area contributed by atoms with Crippen molar-refractivity contribution in [2.75, 3.05) is 30.4 Å². The van der Waals surface area contributed by atoms with E-state index in [0.717, 1.165) is 12.4 Å². The molecule has 1 fully saturated rings. The van der Waals surface area contributed by atoms with Crippen LogP contribution in [-0.4, -0.2) is 57.1 Å². The number of carbonyl (C=O) groups excluding carboxylic acids is 1. The molecular formula is C22H22FN7O4. The molecule has 3 aromatic rings. The van der Waals surface area contributed by atoms with Crippen molar-refractivity contribution >= 4 is 29.3 Å². The molecule has 0 spiro atoms. The first kappa shape index (κ1) is 22.8. The van der Waals surface area contributed by atoms with Crippen LogP contribution in [-0.2, 0) is 4.79 Å². The van der Waals surface area contributed by atoms with Crippen LogP contribution in [0.3, 0.4) is 0 Å². The number of hydrogen-bond donors (Lipinski definition) is 3. The number of carbonyl (C=O) groups is 2. The van der Waals surface area contributed by atoms with E-state index in [4.69, 9.17) is 10.5 Å². The zero-order valence-corrected chi connectivity index (χ0v) is 18.2. The smallest absolute Gasteiger partial charge is 0.306 e. The number of ether oxygens (including phenoxy) is 1. The van der Waals surface area contributed by atoms with E-state index in [-0.39, 0.29) is 17.2 Å². The molecule has 2 aromatic heterocycles. The Kier molecular flexibility index (Phi) is 6.48. The van der Waals surface area contributed by atoms with Crippen LogP contribution in [0.5, 0.6) is 5.75 Å². The highest BCUT2D eigenvalue weighted by molar-refractivity contribution is 5.98. The number of nitrogens with one attached hydrogen (secondary N) is 1. The lowest BCUT2D eigenvalue weighted by Gasteiger charge is -2.30. The summed E-state index contributed by atoms with van der Waals surface area (Å²) < 4.78 is 18.8. The number of aromatic nitrogens is 4. The first-order chi connectivity index (χ1) is 16.4. The predicted molar refractivity (Wildman–Crippen MR) is 120 cm³/mol. The highest BCUT2D eigenvalue weighted by Crippen LogP contribution is 2.36. The minimum atomic E-state index is -0.816. The molecule has 0 unspecified atom stereocenters. The van der Waals surface area contributed by atoms with E-state index < -0.39 is 23.6 Å². The van der Waals surface area contributed by atoms with Crippen LogP contribution in [0, 0.1) is 11.7 Å². The number of para-hydroxylation sites is 1. The van der Waals surface area contributed by atoms with Crippen molar-refractivity contribution in [2.45, 2.75) is 12.8 Å². The summed E-state index contributed by atoms with van der Waals surface area (Å²) in [4.78, 5) is 41.9. The maximum absolute atomic E-state index is 13.3. The van der Waals surface area contributed by atoms with Gasteiger partial charge in [0.25, 0.3) is 5.91 Å². The van der Waals surface area contributed by atoms with Gasteiger partial charge in [-0.2, -0.15) is 4.98 Å². The number of halogens is 1. The summed E-state index contributed by atoms with van der Waals surface area (Å²) >= 11 is 0. The Morgan fingerprint density at radius 2 is 1.88 bits per heavy atom. The highest BCUT2D eigenvalue weighted by Gasteiger charge is 2.26. The summed E-state index contributed by atoms with van der Waals surface area (Å²) in [6.45, 7) is 0.931. The highest BCUT2D eigenvalue weighted by atomic mass is 19.1. The zero-order valence-electron chi connectivity index (χ0n) is 18.2. The number of piperidine rings is 1. The van der Waals surface area contributed by atoms with Crippen molar-refractivity contribution < 1.29 is 23.8 Å². The molecule has 34 heavy (non-hydrogen) atoms. The lowest BCUT2D eigenvalue weighted by atomic mass is 9.97. The van der Waals surface area contributed by atoms with Gasteiger partial charge in [-0.05, 0) is 25.0 Å². The molecule has 1 aromatic carbocycles. The first-order valence-electron chi connectivity index (χ1n) is 10.4. The zero-order chi connectivity index (χ0) is 24.2. The molecule has 1 aliphatic heterocycles. The molecule has 0 bridgehead atoms. The molecule has 176 valence electrons. The van der Waals surface area contributed by atoms with E-state index in [9.17, 15) is 19.1 Å². The molecule has 3 heterocycles. The van der Waals surface area contributed by atoms with Gasteiger partial charge in [0.1, 0.15) is 11.4 Å². The summed E-state index contributed by atoms with van der Waals surface area (Å²) in [5.41, 5.74) is 6.54. The maximum atomic E-state index is 13.3. The van der Waals surface area contributed by atoms with Gasteiger partial charge in [-0.15, -0.1) is 0 Å². The van der Waals surface area contributed by atoms with Gasteiger partial charge in [-0.25, -0.2) is 19.3 Å². The minimum absolute atomic E-state index is 0.0645. The lowest BCUT2D eigenvalue weighted by Crippen LogP contribution is -2.37. The molecular weight excluding hydrogens is 445 g/mol. The van der Waals surface area contributed by atoms with E-state index in [1.807, 2.05) is 4.90 Å². The SMILES string of the molecule is COc1c(Nc2nc(N3CCC(C(=O)O)CC3)ncc2C(N)=O)cccc1-c1ncc(F)cn1. The van der Waals surface area contributed by atoms with Crippen molar-refractivity contribution in [1.29, 1.82) is 0 Å². The topological polar surface area (TPSA) is 156 Å². The van der Waals surface area contributed by atoms with Crippen molar-refractivity contribution in [2.24, 2.45) is 11.7 Å². The Morgan fingerprint density at radius 1 is 1.18 bits per heavy atom. The summed E-state index contributed by atoms with van der Waals surface area (Å²) in [6, 6.07) is 5.14. The normalized spacial score (nSPS) is 14.0. The number of rotatable bonds is 7. The van der Waals surface area contributed by atoms with Gasteiger partial charge in [0.15, 0.2) is 17.4 Å². The molecule has 1 amide bonds. The second kappa shape index (κ2) is 9.65. The Labute approximate surface area is 193 Å². The van der Waals surface area contributed by atoms with Gasteiger partial charge < -0.3 is 25.8 Å². The van der Waals surface area contributed by atoms with Crippen molar-refractivity contribution in [3.05, 3.63) is 48.2 Å². The molecule has 1 saturated heterocycles. The quantitative estimate of drug-likeness (QED) is 0.471. The summed E-state index contributed by atoms with van der Waals surface area (Å²) in [7, 11) is 1.46. The number of nitrogens with zero attached hydrogens (tertiary/aromatic N) is 5.